The number of para-hydroxylation sites is 1. The van der Waals surface area contributed by atoms with E-state index in [4.69, 9.17) is 27.9 Å². The van der Waals surface area contributed by atoms with Crippen molar-refractivity contribution in [3.8, 4) is 5.75 Å². The van der Waals surface area contributed by atoms with Crippen LogP contribution in [-0.2, 0) is 0 Å². The topological polar surface area (TPSA) is 21.3 Å². The maximum absolute atomic E-state index is 6.32. The van der Waals surface area contributed by atoms with E-state index in [9.17, 15) is 0 Å². The zero-order chi connectivity index (χ0) is 14.8. The van der Waals surface area contributed by atoms with Crippen LogP contribution >= 0.6 is 23.2 Å². The summed E-state index contributed by atoms with van der Waals surface area (Å²) in [6, 6.07) is 13.9. The number of ether oxygens (including phenoxy) is 1. The molecule has 110 valence electrons. The van der Waals surface area contributed by atoms with Crippen molar-refractivity contribution in [1.29, 1.82) is 0 Å². The first kappa shape index (κ1) is 14.7. The van der Waals surface area contributed by atoms with Gasteiger partial charge in [0, 0.05) is 33.6 Å². The molecule has 2 nitrogen and oxygen atoms in total. The van der Waals surface area contributed by atoms with Gasteiger partial charge in [-0.05, 0) is 30.8 Å². The van der Waals surface area contributed by atoms with Crippen LogP contribution in [0.25, 0.3) is 0 Å². The number of hydrogen-bond donors (Lipinski definition) is 1. The molecule has 2 aromatic rings. The Morgan fingerprint density at radius 3 is 2.76 bits per heavy atom. The minimum Gasteiger partial charge on any atom is -0.485 e. The lowest BCUT2D eigenvalue weighted by atomic mass is 9.93. The van der Waals surface area contributed by atoms with Crippen molar-refractivity contribution in [2.75, 3.05) is 6.54 Å². The molecule has 2 aromatic carbocycles. The Kier molecular flexibility index (Phi) is 4.39. The van der Waals surface area contributed by atoms with Crippen molar-refractivity contribution < 1.29 is 4.74 Å². The van der Waals surface area contributed by atoms with Gasteiger partial charge in [0.05, 0.1) is 0 Å². The van der Waals surface area contributed by atoms with Crippen LogP contribution in [0, 0.1) is 0 Å². The number of rotatable bonds is 3. The molecule has 21 heavy (non-hydrogen) atoms. The van der Waals surface area contributed by atoms with Crippen molar-refractivity contribution in [2.24, 2.45) is 0 Å². The molecule has 0 saturated carbocycles. The number of nitrogens with one attached hydrogen (secondary N) is 1. The van der Waals surface area contributed by atoms with E-state index in [0.29, 0.717) is 10.0 Å². The second-order valence-corrected chi connectivity index (χ2v) is 6.00. The second kappa shape index (κ2) is 6.27. The molecule has 1 heterocycles. The van der Waals surface area contributed by atoms with E-state index < -0.39 is 0 Å². The molecule has 0 bridgehead atoms. The largest absolute Gasteiger partial charge is 0.485 e. The van der Waals surface area contributed by atoms with Gasteiger partial charge in [-0.25, -0.2) is 0 Å². The Bertz CT molecular complexity index is 644. The summed E-state index contributed by atoms with van der Waals surface area (Å²) in [5.74, 6) is 0.913. The fourth-order valence-electron chi connectivity index (χ4n) is 2.81. The molecule has 0 aliphatic carbocycles. The minimum absolute atomic E-state index is 0.0878. The Morgan fingerprint density at radius 2 is 1.95 bits per heavy atom. The van der Waals surface area contributed by atoms with E-state index in [0.717, 1.165) is 24.3 Å². The molecule has 0 saturated heterocycles. The molecule has 2 atom stereocenters. The van der Waals surface area contributed by atoms with Crippen LogP contribution in [0.15, 0.2) is 42.5 Å². The first-order valence-electron chi connectivity index (χ1n) is 7.13. The van der Waals surface area contributed by atoms with Crippen molar-refractivity contribution in [3.05, 3.63) is 63.6 Å². The Labute approximate surface area is 135 Å². The summed E-state index contributed by atoms with van der Waals surface area (Å²) >= 11 is 12.4. The molecular formula is C17H17Cl2NO. The number of fused-ring (bicyclic) bond motifs is 1. The second-order valence-electron chi connectivity index (χ2n) is 5.16. The average molecular weight is 322 g/mol. The highest BCUT2D eigenvalue weighted by Crippen LogP contribution is 2.42. The van der Waals surface area contributed by atoms with Gasteiger partial charge in [-0.15, -0.1) is 0 Å². The van der Waals surface area contributed by atoms with Gasteiger partial charge in [0.15, 0.2) is 0 Å². The zero-order valence-corrected chi connectivity index (χ0v) is 13.3. The fourth-order valence-corrected chi connectivity index (χ4v) is 3.23. The molecule has 1 N–H and O–H groups in total. The third-order valence-corrected chi connectivity index (χ3v) is 4.35. The number of halogens is 2. The highest BCUT2D eigenvalue weighted by atomic mass is 35.5. The summed E-state index contributed by atoms with van der Waals surface area (Å²) in [7, 11) is 0. The molecule has 0 radical (unpaired) electrons. The van der Waals surface area contributed by atoms with Gasteiger partial charge < -0.3 is 10.1 Å². The normalized spacial score (nSPS) is 20.7. The van der Waals surface area contributed by atoms with E-state index >= 15 is 0 Å². The molecule has 0 amide bonds. The number of hydrogen-bond acceptors (Lipinski definition) is 2. The minimum atomic E-state index is -0.0878. The van der Waals surface area contributed by atoms with Gasteiger partial charge in [-0.3, -0.25) is 0 Å². The molecule has 0 fully saturated rings. The van der Waals surface area contributed by atoms with Gasteiger partial charge >= 0.3 is 0 Å². The van der Waals surface area contributed by atoms with Gasteiger partial charge in [-0.1, -0.05) is 48.3 Å². The fraction of sp³-hybridized carbons (Fsp3) is 0.294. The standard InChI is InChI=1S/C17H17Cl2NO/c1-2-20-15-10-17(13-9-11(18)7-8-14(13)19)21-16-6-4-3-5-12(15)16/h3-9,15,17,20H,2,10H2,1H3. The quantitative estimate of drug-likeness (QED) is 0.842. The smallest absolute Gasteiger partial charge is 0.127 e. The SMILES string of the molecule is CCNC1CC(c2cc(Cl)ccc2Cl)Oc2ccccc21. The molecule has 0 spiro atoms. The highest BCUT2D eigenvalue weighted by Gasteiger charge is 2.29. The maximum atomic E-state index is 6.32. The van der Waals surface area contributed by atoms with E-state index in [2.05, 4.69) is 18.3 Å². The molecule has 0 aromatic heterocycles. The van der Waals surface area contributed by atoms with Gasteiger partial charge in [0.2, 0.25) is 0 Å². The Morgan fingerprint density at radius 1 is 1.14 bits per heavy atom. The van der Waals surface area contributed by atoms with Crippen LogP contribution in [0.1, 0.15) is 36.6 Å². The maximum Gasteiger partial charge on any atom is 0.127 e. The number of benzene rings is 2. The van der Waals surface area contributed by atoms with Gasteiger partial charge in [0.1, 0.15) is 11.9 Å². The van der Waals surface area contributed by atoms with Crippen LogP contribution in [0.2, 0.25) is 10.0 Å². The van der Waals surface area contributed by atoms with E-state index in [1.807, 2.05) is 30.3 Å². The average Bonchev–Trinajstić information content (AvgIpc) is 2.50. The van der Waals surface area contributed by atoms with E-state index in [1.54, 1.807) is 6.07 Å². The monoisotopic (exact) mass is 321 g/mol. The van der Waals surface area contributed by atoms with Crippen LogP contribution in [0.5, 0.6) is 5.75 Å². The first-order valence-corrected chi connectivity index (χ1v) is 7.88. The predicted molar refractivity (Wildman–Crippen MR) is 87.3 cm³/mol. The lowest BCUT2D eigenvalue weighted by Gasteiger charge is -2.33. The molecule has 2 unspecified atom stereocenters. The summed E-state index contributed by atoms with van der Waals surface area (Å²) < 4.78 is 6.15. The highest BCUT2D eigenvalue weighted by molar-refractivity contribution is 6.33. The van der Waals surface area contributed by atoms with Crippen molar-refractivity contribution >= 4 is 23.2 Å². The van der Waals surface area contributed by atoms with Crippen LogP contribution in [0.3, 0.4) is 0 Å². The third-order valence-electron chi connectivity index (χ3n) is 3.77. The van der Waals surface area contributed by atoms with Gasteiger partial charge in [-0.2, -0.15) is 0 Å². The van der Waals surface area contributed by atoms with Crippen molar-refractivity contribution in [1.82, 2.24) is 5.32 Å². The Balaban J connectivity index is 1.97. The van der Waals surface area contributed by atoms with Crippen LogP contribution in [-0.4, -0.2) is 6.54 Å². The summed E-state index contributed by atoms with van der Waals surface area (Å²) in [6.07, 6.45) is 0.750. The van der Waals surface area contributed by atoms with Crippen LogP contribution < -0.4 is 10.1 Å². The third kappa shape index (κ3) is 3.03. The lowest BCUT2D eigenvalue weighted by Crippen LogP contribution is -2.29. The first-order chi connectivity index (χ1) is 10.2. The summed E-state index contributed by atoms with van der Waals surface area (Å²) in [5.41, 5.74) is 2.15. The zero-order valence-electron chi connectivity index (χ0n) is 11.8. The van der Waals surface area contributed by atoms with Crippen molar-refractivity contribution in [2.45, 2.75) is 25.5 Å². The van der Waals surface area contributed by atoms with Crippen LogP contribution in [0.4, 0.5) is 0 Å². The molecular weight excluding hydrogens is 305 g/mol. The van der Waals surface area contributed by atoms with Gasteiger partial charge in [0.25, 0.3) is 0 Å². The lowest BCUT2D eigenvalue weighted by molar-refractivity contribution is 0.152. The summed E-state index contributed by atoms with van der Waals surface area (Å²) in [4.78, 5) is 0. The van der Waals surface area contributed by atoms with E-state index in [1.165, 1.54) is 5.56 Å². The van der Waals surface area contributed by atoms with Crippen molar-refractivity contribution in [3.63, 3.8) is 0 Å². The van der Waals surface area contributed by atoms with E-state index in [-0.39, 0.29) is 12.1 Å². The molecule has 4 heteroatoms. The predicted octanol–water partition coefficient (Wildman–Crippen LogP) is 5.17. The molecule has 1 aliphatic heterocycles. The molecule has 3 rings (SSSR count). The summed E-state index contributed by atoms with van der Waals surface area (Å²) in [6.45, 7) is 3.02. The Hall–Kier alpha value is -1.22. The summed E-state index contributed by atoms with van der Waals surface area (Å²) in [5, 5.41) is 4.89. The molecule has 1 aliphatic rings.